The van der Waals surface area contributed by atoms with Gasteiger partial charge >= 0.3 is 0 Å². The van der Waals surface area contributed by atoms with Crippen molar-refractivity contribution in [2.45, 2.75) is 27.3 Å². The molecule has 0 fully saturated rings. The Balaban J connectivity index is 2.02. The van der Waals surface area contributed by atoms with Crippen molar-refractivity contribution in [2.75, 3.05) is 18.1 Å². The van der Waals surface area contributed by atoms with Crippen LogP contribution in [0.3, 0.4) is 0 Å². The summed E-state index contributed by atoms with van der Waals surface area (Å²) >= 11 is 6.42. The average molecular weight is 410 g/mol. The van der Waals surface area contributed by atoms with Gasteiger partial charge in [-0.2, -0.15) is 5.10 Å². The number of hydrogen-bond donors (Lipinski definition) is 1. The molecule has 27 heavy (non-hydrogen) atoms. The highest BCUT2D eigenvalue weighted by Gasteiger charge is 2.12. The van der Waals surface area contributed by atoms with Crippen LogP contribution in [-0.4, -0.2) is 42.2 Å². The summed E-state index contributed by atoms with van der Waals surface area (Å²) in [5.74, 6) is -0.381. The highest BCUT2D eigenvalue weighted by Crippen LogP contribution is 2.22. The van der Waals surface area contributed by atoms with Crippen molar-refractivity contribution >= 4 is 33.4 Å². The molecule has 1 N–H and O–H groups in total. The van der Waals surface area contributed by atoms with E-state index in [-0.39, 0.29) is 24.0 Å². The van der Waals surface area contributed by atoms with E-state index in [0.29, 0.717) is 23.0 Å². The summed E-state index contributed by atoms with van der Waals surface area (Å²) in [5.41, 5.74) is 3.64. The van der Waals surface area contributed by atoms with E-state index in [1.54, 1.807) is 17.7 Å². The van der Waals surface area contributed by atoms with Crippen LogP contribution in [0.25, 0.3) is 6.08 Å². The summed E-state index contributed by atoms with van der Waals surface area (Å²) in [6, 6.07) is 8.11. The Morgan fingerprint density at radius 2 is 1.93 bits per heavy atom. The number of benzene rings is 1. The lowest BCUT2D eigenvalue weighted by Gasteiger charge is -2.04. The van der Waals surface area contributed by atoms with E-state index >= 15 is 0 Å². The van der Waals surface area contributed by atoms with Crippen LogP contribution in [0.4, 0.5) is 0 Å². The summed E-state index contributed by atoms with van der Waals surface area (Å²) in [7, 11) is -3.10. The molecule has 0 radical (unpaired) electrons. The molecule has 2 aromatic rings. The van der Waals surface area contributed by atoms with Gasteiger partial charge in [0.2, 0.25) is 5.91 Å². The standard InChI is InChI=1S/C19H24ClN3O3S/c1-4-27(25,26)12-11-21-18(24)10-9-17-15(3)22-23(19(17)20)13-16-7-5-14(2)6-8-16/h5-10H,4,11-13H2,1-3H3,(H,21,24)/b10-9+. The second-order valence-electron chi connectivity index (χ2n) is 6.29. The number of rotatable bonds is 8. The molecule has 0 saturated carbocycles. The Morgan fingerprint density at radius 3 is 2.56 bits per heavy atom. The van der Waals surface area contributed by atoms with Crippen LogP contribution in [-0.2, 0) is 21.2 Å². The summed E-state index contributed by atoms with van der Waals surface area (Å²) in [6.45, 7) is 6.05. The number of halogens is 1. The summed E-state index contributed by atoms with van der Waals surface area (Å²) in [6.07, 6.45) is 2.94. The fraction of sp³-hybridized carbons (Fsp3) is 0.368. The van der Waals surface area contributed by atoms with Gasteiger partial charge in [0.25, 0.3) is 0 Å². The summed E-state index contributed by atoms with van der Waals surface area (Å²) in [5, 5.41) is 7.44. The Kier molecular flexibility index (Phi) is 7.21. The fourth-order valence-corrected chi connectivity index (χ4v) is 3.42. The van der Waals surface area contributed by atoms with E-state index < -0.39 is 9.84 Å². The molecular weight excluding hydrogens is 386 g/mol. The van der Waals surface area contributed by atoms with Gasteiger partial charge in [0, 0.05) is 23.9 Å². The van der Waals surface area contributed by atoms with E-state index in [9.17, 15) is 13.2 Å². The van der Waals surface area contributed by atoms with Gasteiger partial charge in [-0.05, 0) is 25.5 Å². The third-order valence-electron chi connectivity index (χ3n) is 4.12. The number of nitrogens with zero attached hydrogens (tertiary/aromatic N) is 2. The number of carbonyl (C=O) groups excluding carboxylic acids is 1. The van der Waals surface area contributed by atoms with Crippen molar-refractivity contribution in [3.63, 3.8) is 0 Å². The summed E-state index contributed by atoms with van der Waals surface area (Å²) < 4.78 is 24.5. The third-order valence-corrected chi connectivity index (χ3v) is 6.22. The van der Waals surface area contributed by atoms with Crippen molar-refractivity contribution < 1.29 is 13.2 Å². The lowest BCUT2D eigenvalue weighted by atomic mass is 10.1. The normalized spacial score (nSPS) is 11.9. The van der Waals surface area contributed by atoms with Crippen molar-refractivity contribution in [1.29, 1.82) is 0 Å². The molecule has 0 aliphatic carbocycles. The molecule has 146 valence electrons. The molecule has 0 aliphatic heterocycles. The molecule has 0 unspecified atom stereocenters. The maximum atomic E-state index is 11.9. The van der Waals surface area contributed by atoms with Crippen LogP contribution in [0.2, 0.25) is 5.15 Å². The van der Waals surface area contributed by atoms with Gasteiger partial charge in [0.1, 0.15) is 5.15 Å². The zero-order chi connectivity index (χ0) is 20.0. The molecule has 0 bridgehead atoms. The first-order valence-electron chi connectivity index (χ1n) is 8.66. The number of aryl methyl sites for hydroxylation is 2. The lowest BCUT2D eigenvalue weighted by Crippen LogP contribution is -2.28. The van der Waals surface area contributed by atoms with E-state index in [1.807, 2.05) is 38.1 Å². The minimum Gasteiger partial charge on any atom is -0.352 e. The van der Waals surface area contributed by atoms with Crippen LogP contribution in [0, 0.1) is 13.8 Å². The molecular formula is C19H24ClN3O3S. The van der Waals surface area contributed by atoms with Gasteiger partial charge in [-0.3, -0.25) is 4.79 Å². The predicted molar refractivity (Wildman–Crippen MR) is 109 cm³/mol. The van der Waals surface area contributed by atoms with Crippen LogP contribution < -0.4 is 5.32 Å². The van der Waals surface area contributed by atoms with Crippen molar-refractivity contribution in [3.05, 3.63) is 57.9 Å². The number of sulfone groups is 1. The van der Waals surface area contributed by atoms with E-state index in [0.717, 1.165) is 5.56 Å². The first kappa shape index (κ1) is 21.2. The quantitative estimate of drug-likeness (QED) is 0.680. The van der Waals surface area contributed by atoms with E-state index in [4.69, 9.17) is 11.6 Å². The van der Waals surface area contributed by atoms with Gasteiger partial charge in [-0.15, -0.1) is 0 Å². The average Bonchev–Trinajstić information content (AvgIpc) is 2.88. The highest BCUT2D eigenvalue weighted by molar-refractivity contribution is 7.91. The molecule has 1 aromatic heterocycles. The highest BCUT2D eigenvalue weighted by atomic mass is 35.5. The second-order valence-corrected chi connectivity index (χ2v) is 9.12. The van der Waals surface area contributed by atoms with Crippen molar-refractivity contribution in [3.8, 4) is 0 Å². The second kappa shape index (κ2) is 9.19. The molecule has 0 aliphatic rings. The zero-order valence-corrected chi connectivity index (χ0v) is 17.3. The number of amides is 1. The Hall–Kier alpha value is -2.12. The Labute approximate surface area is 165 Å². The Bertz CT molecular complexity index is 932. The van der Waals surface area contributed by atoms with E-state index in [2.05, 4.69) is 10.4 Å². The van der Waals surface area contributed by atoms with Crippen molar-refractivity contribution in [2.24, 2.45) is 0 Å². The third kappa shape index (κ3) is 6.22. The zero-order valence-electron chi connectivity index (χ0n) is 15.7. The van der Waals surface area contributed by atoms with Crippen LogP contribution in [0.5, 0.6) is 0 Å². The van der Waals surface area contributed by atoms with E-state index in [1.165, 1.54) is 11.6 Å². The first-order chi connectivity index (χ1) is 12.7. The Morgan fingerprint density at radius 1 is 1.26 bits per heavy atom. The number of hydrogen-bond acceptors (Lipinski definition) is 4. The smallest absolute Gasteiger partial charge is 0.244 e. The van der Waals surface area contributed by atoms with Gasteiger partial charge < -0.3 is 5.32 Å². The SMILES string of the molecule is CCS(=O)(=O)CCNC(=O)/C=C/c1c(C)nn(Cc2ccc(C)cc2)c1Cl. The fourth-order valence-electron chi connectivity index (χ4n) is 2.42. The van der Waals surface area contributed by atoms with Gasteiger partial charge in [0.15, 0.2) is 9.84 Å². The van der Waals surface area contributed by atoms with Gasteiger partial charge in [-0.25, -0.2) is 13.1 Å². The molecule has 8 heteroatoms. The summed E-state index contributed by atoms with van der Waals surface area (Å²) in [4.78, 5) is 11.9. The number of aromatic nitrogens is 2. The molecule has 1 aromatic carbocycles. The van der Waals surface area contributed by atoms with Crippen LogP contribution >= 0.6 is 11.6 Å². The van der Waals surface area contributed by atoms with Crippen LogP contribution in [0.15, 0.2) is 30.3 Å². The largest absolute Gasteiger partial charge is 0.352 e. The predicted octanol–water partition coefficient (Wildman–Crippen LogP) is 2.77. The van der Waals surface area contributed by atoms with Gasteiger partial charge in [-0.1, -0.05) is 48.4 Å². The van der Waals surface area contributed by atoms with Crippen LogP contribution in [0.1, 0.15) is 29.3 Å². The minimum absolute atomic E-state index is 0.0632. The molecule has 0 atom stereocenters. The topological polar surface area (TPSA) is 81.1 Å². The molecule has 0 spiro atoms. The minimum atomic E-state index is -3.10. The number of carbonyl (C=O) groups is 1. The van der Waals surface area contributed by atoms with Crippen molar-refractivity contribution in [1.82, 2.24) is 15.1 Å². The number of nitrogens with one attached hydrogen (secondary N) is 1. The molecule has 2 rings (SSSR count). The molecule has 6 nitrogen and oxygen atoms in total. The lowest BCUT2D eigenvalue weighted by molar-refractivity contribution is -0.116. The maximum absolute atomic E-state index is 11.9. The molecule has 0 saturated heterocycles. The maximum Gasteiger partial charge on any atom is 0.244 e. The van der Waals surface area contributed by atoms with Gasteiger partial charge in [0.05, 0.1) is 18.0 Å². The monoisotopic (exact) mass is 409 g/mol. The molecule has 1 amide bonds. The molecule has 1 heterocycles. The first-order valence-corrected chi connectivity index (χ1v) is 10.9.